The van der Waals surface area contributed by atoms with Gasteiger partial charge in [-0.15, -0.1) is 12.4 Å². The van der Waals surface area contributed by atoms with Gasteiger partial charge >= 0.3 is 0 Å². The average Bonchev–Trinajstić information content (AvgIpc) is 2.56. The molecule has 7 nitrogen and oxygen atoms in total. The largest absolute Gasteiger partial charge is 0.383 e. The number of piperidine rings is 1. The minimum absolute atomic E-state index is 0. The maximum Gasteiger partial charge on any atom is 0.243 e. The van der Waals surface area contributed by atoms with E-state index >= 15 is 0 Å². The molecule has 1 saturated heterocycles. The minimum atomic E-state index is -3.48. The van der Waals surface area contributed by atoms with Crippen LogP contribution in [-0.2, 0) is 19.6 Å². The molecule has 1 fully saturated rings. The van der Waals surface area contributed by atoms with Gasteiger partial charge in [-0.25, -0.2) is 8.42 Å². The Balaban J connectivity index is 0.00000312. The molecule has 1 aliphatic rings. The van der Waals surface area contributed by atoms with E-state index in [1.165, 1.54) is 11.4 Å². The standard InChI is InChI=1S/C16H25N3O4S.ClH/c1-12-3-5-14(6-4-12)24(21,22)19-9-7-13(8-10-19)18-16(20)15(17)11-23-2;/h3-6,13,15H,7-11,17H2,1-2H3,(H,18,20);1H. The molecule has 1 amide bonds. The van der Waals surface area contributed by atoms with Crippen molar-refractivity contribution in [2.24, 2.45) is 5.73 Å². The Morgan fingerprint density at radius 3 is 2.40 bits per heavy atom. The van der Waals surface area contributed by atoms with E-state index in [1.54, 1.807) is 24.3 Å². The highest BCUT2D eigenvalue weighted by molar-refractivity contribution is 7.89. The van der Waals surface area contributed by atoms with Crippen molar-refractivity contribution in [2.45, 2.75) is 36.7 Å². The van der Waals surface area contributed by atoms with Gasteiger partial charge in [-0.05, 0) is 31.9 Å². The van der Waals surface area contributed by atoms with Crippen molar-refractivity contribution < 1.29 is 17.9 Å². The van der Waals surface area contributed by atoms with Crippen molar-refractivity contribution in [3.63, 3.8) is 0 Å². The fraction of sp³-hybridized carbons (Fsp3) is 0.562. The number of hydrogen-bond acceptors (Lipinski definition) is 5. The number of amides is 1. The summed E-state index contributed by atoms with van der Waals surface area (Å²) in [5.41, 5.74) is 6.70. The van der Waals surface area contributed by atoms with E-state index in [0.29, 0.717) is 30.8 Å². The number of aryl methyl sites for hydroxylation is 1. The highest BCUT2D eigenvalue weighted by Crippen LogP contribution is 2.21. The second-order valence-corrected chi connectivity index (χ2v) is 8.00. The van der Waals surface area contributed by atoms with Crippen LogP contribution in [0.15, 0.2) is 29.2 Å². The van der Waals surface area contributed by atoms with Crippen molar-refractivity contribution in [1.29, 1.82) is 0 Å². The summed E-state index contributed by atoms with van der Waals surface area (Å²) in [7, 11) is -1.99. The third-order valence-electron chi connectivity index (χ3n) is 4.14. The van der Waals surface area contributed by atoms with Crippen LogP contribution in [-0.4, -0.2) is 57.5 Å². The Bertz CT molecular complexity index is 658. The van der Waals surface area contributed by atoms with Crippen LogP contribution in [0.1, 0.15) is 18.4 Å². The molecule has 9 heteroatoms. The molecule has 1 aromatic carbocycles. The summed E-state index contributed by atoms with van der Waals surface area (Å²) in [6.07, 6.45) is 1.13. The molecule has 0 saturated carbocycles. The molecule has 2 rings (SSSR count). The van der Waals surface area contributed by atoms with Gasteiger partial charge in [0, 0.05) is 26.2 Å². The monoisotopic (exact) mass is 391 g/mol. The van der Waals surface area contributed by atoms with Crippen LogP contribution >= 0.6 is 12.4 Å². The molecule has 3 N–H and O–H groups in total. The number of nitrogens with one attached hydrogen (secondary N) is 1. The normalized spacial score (nSPS) is 17.6. The maximum absolute atomic E-state index is 12.6. The molecular formula is C16H26ClN3O4S. The molecule has 1 unspecified atom stereocenters. The third-order valence-corrected chi connectivity index (χ3v) is 6.05. The Labute approximate surface area is 155 Å². The van der Waals surface area contributed by atoms with E-state index in [4.69, 9.17) is 10.5 Å². The lowest BCUT2D eigenvalue weighted by atomic mass is 10.1. The van der Waals surface area contributed by atoms with Crippen molar-refractivity contribution in [3.05, 3.63) is 29.8 Å². The van der Waals surface area contributed by atoms with Crippen LogP contribution in [0, 0.1) is 6.92 Å². The number of nitrogens with two attached hydrogens (primary N) is 1. The number of rotatable bonds is 6. The third kappa shape index (κ3) is 5.65. The zero-order chi connectivity index (χ0) is 17.7. The van der Waals surface area contributed by atoms with E-state index < -0.39 is 16.1 Å². The number of nitrogens with zero attached hydrogens (tertiary/aromatic N) is 1. The summed E-state index contributed by atoms with van der Waals surface area (Å²) in [5, 5.41) is 2.86. The number of carbonyl (C=O) groups excluding carboxylic acids is 1. The summed E-state index contributed by atoms with van der Waals surface area (Å²) in [6, 6.07) is 6.06. The fourth-order valence-corrected chi connectivity index (χ4v) is 4.13. The first-order valence-corrected chi connectivity index (χ1v) is 9.40. The van der Waals surface area contributed by atoms with E-state index in [-0.39, 0.29) is 31.0 Å². The number of hydrogen-bond donors (Lipinski definition) is 2. The number of halogens is 1. The van der Waals surface area contributed by atoms with Gasteiger partial charge < -0.3 is 15.8 Å². The van der Waals surface area contributed by atoms with Crippen molar-refractivity contribution >= 4 is 28.3 Å². The molecule has 0 spiro atoms. The van der Waals surface area contributed by atoms with E-state index in [2.05, 4.69) is 5.32 Å². The zero-order valence-corrected chi connectivity index (χ0v) is 16.1. The van der Waals surface area contributed by atoms with Gasteiger partial charge in [-0.3, -0.25) is 4.79 Å². The van der Waals surface area contributed by atoms with E-state index in [9.17, 15) is 13.2 Å². The number of sulfonamides is 1. The summed E-state index contributed by atoms with van der Waals surface area (Å²) < 4.78 is 31.6. The lowest BCUT2D eigenvalue weighted by Gasteiger charge is -2.32. The average molecular weight is 392 g/mol. The number of methoxy groups -OCH3 is 1. The highest BCUT2D eigenvalue weighted by atomic mass is 35.5. The molecule has 1 aliphatic heterocycles. The molecule has 142 valence electrons. The van der Waals surface area contributed by atoms with Gasteiger partial charge in [0.2, 0.25) is 15.9 Å². The summed E-state index contributed by atoms with van der Waals surface area (Å²) in [6.45, 7) is 2.83. The van der Waals surface area contributed by atoms with Crippen LogP contribution in [0.5, 0.6) is 0 Å². The molecule has 25 heavy (non-hydrogen) atoms. The predicted molar refractivity (Wildman–Crippen MR) is 98.2 cm³/mol. The van der Waals surface area contributed by atoms with Gasteiger partial charge in [0.25, 0.3) is 0 Å². The zero-order valence-electron chi connectivity index (χ0n) is 14.5. The Hall–Kier alpha value is -1.19. The van der Waals surface area contributed by atoms with Crippen molar-refractivity contribution in [1.82, 2.24) is 9.62 Å². The quantitative estimate of drug-likeness (QED) is 0.741. The second-order valence-electron chi connectivity index (χ2n) is 6.06. The smallest absolute Gasteiger partial charge is 0.243 e. The highest BCUT2D eigenvalue weighted by Gasteiger charge is 2.30. The van der Waals surface area contributed by atoms with E-state index in [1.807, 2.05) is 6.92 Å². The van der Waals surface area contributed by atoms with Crippen LogP contribution in [0.4, 0.5) is 0 Å². The first-order valence-electron chi connectivity index (χ1n) is 7.96. The summed E-state index contributed by atoms with van der Waals surface area (Å²) in [4.78, 5) is 12.2. The van der Waals surface area contributed by atoms with Gasteiger partial charge in [0.05, 0.1) is 11.5 Å². The van der Waals surface area contributed by atoms with Gasteiger partial charge in [-0.2, -0.15) is 4.31 Å². The van der Waals surface area contributed by atoms with Crippen molar-refractivity contribution in [2.75, 3.05) is 26.8 Å². The topological polar surface area (TPSA) is 102 Å². The van der Waals surface area contributed by atoms with Crippen molar-refractivity contribution in [3.8, 4) is 0 Å². The first-order chi connectivity index (χ1) is 11.3. The fourth-order valence-electron chi connectivity index (χ4n) is 2.66. The SMILES string of the molecule is COCC(N)C(=O)NC1CCN(S(=O)(=O)c2ccc(C)cc2)CC1.Cl. The lowest BCUT2D eigenvalue weighted by Crippen LogP contribution is -2.51. The van der Waals surface area contributed by atoms with Gasteiger partial charge in [-0.1, -0.05) is 17.7 Å². The predicted octanol–water partition coefficient (Wildman–Crippen LogP) is 0.660. The van der Waals surface area contributed by atoms with Gasteiger partial charge in [0.1, 0.15) is 6.04 Å². The number of carbonyl (C=O) groups is 1. The Kier molecular flexibility index (Phi) is 8.30. The maximum atomic E-state index is 12.6. The molecule has 1 heterocycles. The number of benzene rings is 1. The molecule has 0 radical (unpaired) electrons. The molecule has 1 aromatic rings. The number of ether oxygens (including phenoxy) is 1. The van der Waals surface area contributed by atoms with Crippen LogP contribution in [0.3, 0.4) is 0 Å². The lowest BCUT2D eigenvalue weighted by molar-refractivity contribution is -0.124. The molecule has 0 aromatic heterocycles. The van der Waals surface area contributed by atoms with Crippen LogP contribution in [0.25, 0.3) is 0 Å². The van der Waals surface area contributed by atoms with Gasteiger partial charge in [0.15, 0.2) is 0 Å². The Morgan fingerprint density at radius 1 is 1.32 bits per heavy atom. The minimum Gasteiger partial charge on any atom is -0.383 e. The summed E-state index contributed by atoms with van der Waals surface area (Å²) >= 11 is 0. The summed E-state index contributed by atoms with van der Waals surface area (Å²) in [5.74, 6) is -0.267. The van der Waals surface area contributed by atoms with Crippen LogP contribution in [0.2, 0.25) is 0 Å². The Morgan fingerprint density at radius 2 is 1.88 bits per heavy atom. The first kappa shape index (κ1) is 21.9. The molecular weight excluding hydrogens is 366 g/mol. The second kappa shape index (κ2) is 9.49. The van der Waals surface area contributed by atoms with E-state index in [0.717, 1.165) is 5.56 Å². The molecule has 0 aliphatic carbocycles. The molecule has 0 bridgehead atoms. The van der Waals surface area contributed by atoms with Crippen LogP contribution < -0.4 is 11.1 Å². The molecule has 1 atom stereocenters.